The van der Waals surface area contributed by atoms with Crippen molar-refractivity contribution < 1.29 is 39.1 Å². The van der Waals surface area contributed by atoms with E-state index < -0.39 is 0 Å². The van der Waals surface area contributed by atoms with Crippen molar-refractivity contribution >= 4 is 5.57 Å². The molecule has 0 radical (unpaired) electrons. The minimum atomic E-state index is -0.387. The molecule has 0 spiro atoms. The zero-order chi connectivity index (χ0) is 8.97. The predicted molar refractivity (Wildman–Crippen MR) is 40.0 cm³/mol. The van der Waals surface area contributed by atoms with Crippen molar-refractivity contribution in [1.82, 2.24) is 0 Å². The number of nitriles is 1. The topological polar surface area (TPSA) is 46.8 Å². The maximum absolute atomic E-state index is 12.4. The second-order valence-electron chi connectivity index (χ2n) is 2.15. The van der Waals surface area contributed by atoms with Gasteiger partial charge in [-0.2, -0.15) is 5.26 Å². The van der Waals surface area contributed by atoms with Gasteiger partial charge in [0.1, 0.15) is 5.82 Å². The molecule has 2 nitrogen and oxygen atoms in total. The fourth-order valence-electron chi connectivity index (χ4n) is 0.788. The Morgan fingerprint density at radius 3 is 2.31 bits per heavy atom. The van der Waals surface area contributed by atoms with Crippen molar-refractivity contribution in [3.63, 3.8) is 0 Å². The van der Waals surface area contributed by atoms with Crippen LogP contribution in [0.15, 0.2) is 30.5 Å². The molecule has 0 aliphatic heterocycles. The third-order valence-corrected chi connectivity index (χ3v) is 1.39. The standard InChI is InChI=1S/C9H6FNO.Na/c10-9-3-1-7(2-4-9)8(5-11)6-12;/h1-4,6,12H;/q;+1/p-1. The van der Waals surface area contributed by atoms with E-state index in [1.807, 2.05) is 0 Å². The second-order valence-corrected chi connectivity index (χ2v) is 2.15. The van der Waals surface area contributed by atoms with E-state index in [0.29, 0.717) is 11.8 Å². The quantitative estimate of drug-likeness (QED) is 0.290. The van der Waals surface area contributed by atoms with Crippen LogP contribution in [0.25, 0.3) is 5.57 Å². The molecule has 0 N–H and O–H groups in total. The molecule has 4 heteroatoms. The summed E-state index contributed by atoms with van der Waals surface area (Å²) in [5, 5.41) is 18.7. The molecule has 1 aromatic rings. The Bertz CT molecular complexity index is 340. The third-order valence-electron chi connectivity index (χ3n) is 1.39. The molecule has 0 bridgehead atoms. The molecule has 0 unspecified atom stereocenters. The van der Waals surface area contributed by atoms with Crippen LogP contribution in [0.2, 0.25) is 0 Å². The van der Waals surface area contributed by atoms with Gasteiger partial charge in [-0.1, -0.05) is 12.1 Å². The molecule has 0 amide bonds. The van der Waals surface area contributed by atoms with Crippen LogP contribution in [0.1, 0.15) is 5.56 Å². The van der Waals surface area contributed by atoms with Gasteiger partial charge in [0.2, 0.25) is 0 Å². The zero-order valence-electron chi connectivity index (χ0n) is 7.12. The molecule has 0 aromatic heterocycles. The molecule has 0 heterocycles. The molecule has 0 aliphatic rings. The van der Waals surface area contributed by atoms with Crippen molar-refractivity contribution in [1.29, 1.82) is 5.26 Å². The van der Waals surface area contributed by atoms with Gasteiger partial charge in [0.15, 0.2) is 0 Å². The summed E-state index contributed by atoms with van der Waals surface area (Å²) in [5.41, 5.74) is 0.448. The Kier molecular flexibility index (Phi) is 5.40. The first-order valence-electron chi connectivity index (χ1n) is 3.26. The third kappa shape index (κ3) is 3.19. The molecule has 1 aromatic carbocycles. The molecule has 0 aliphatic carbocycles. The molecule has 60 valence electrons. The van der Waals surface area contributed by atoms with Crippen LogP contribution < -0.4 is 34.7 Å². The van der Waals surface area contributed by atoms with E-state index in [2.05, 4.69) is 0 Å². The zero-order valence-corrected chi connectivity index (χ0v) is 9.12. The first kappa shape index (κ1) is 12.2. The van der Waals surface area contributed by atoms with Gasteiger partial charge >= 0.3 is 29.6 Å². The van der Waals surface area contributed by atoms with Crippen molar-refractivity contribution in [2.75, 3.05) is 0 Å². The van der Waals surface area contributed by atoms with E-state index in [4.69, 9.17) is 5.26 Å². The van der Waals surface area contributed by atoms with Gasteiger partial charge in [-0.05, 0) is 17.7 Å². The minimum Gasteiger partial charge on any atom is -0.877 e. The van der Waals surface area contributed by atoms with E-state index in [-0.39, 0.29) is 40.9 Å². The van der Waals surface area contributed by atoms with Crippen LogP contribution in [-0.4, -0.2) is 0 Å². The number of hydrogen-bond donors (Lipinski definition) is 0. The molecule has 1 rings (SSSR count). The predicted octanol–water partition coefficient (Wildman–Crippen LogP) is -1.95. The van der Waals surface area contributed by atoms with Crippen LogP contribution in [0.5, 0.6) is 0 Å². The Hall–Kier alpha value is -0.820. The average molecular weight is 185 g/mol. The first-order chi connectivity index (χ1) is 5.77. The number of nitrogens with zero attached hydrogens (tertiary/aromatic N) is 1. The summed E-state index contributed by atoms with van der Waals surface area (Å²) in [5.74, 6) is -0.387. The Morgan fingerprint density at radius 2 is 1.92 bits per heavy atom. The normalized spacial score (nSPS) is 10.0. The molecule has 13 heavy (non-hydrogen) atoms. The molecular formula is C9H5FNNaO. The van der Waals surface area contributed by atoms with Crippen molar-refractivity contribution in [3.8, 4) is 6.07 Å². The minimum absolute atomic E-state index is 0. The Balaban J connectivity index is 0.00000144. The fourth-order valence-corrected chi connectivity index (χ4v) is 0.788. The monoisotopic (exact) mass is 185 g/mol. The van der Waals surface area contributed by atoms with Gasteiger partial charge in [0.25, 0.3) is 0 Å². The Morgan fingerprint density at radius 1 is 1.38 bits per heavy atom. The second kappa shape index (κ2) is 5.76. The van der Waals surface area contributed by atoms with Crippen LogP contribution in [-0.2, 0) is 0 Å². The van der Waals surface area contributed by atoms with Crippen LogP contribution >= 0.6 is 0 Å². The number of rotatable bonds is 1. The maximum Gasteiger partial charge on any atom is 1.00 e. The number of hydrogen-bond acceptors (Lipinski definition) is 2. The molecule has 0 saturated heterocycles. The van der Waals surface area contributed by atoms with Gasteiger partial charge in [-0.15, -0.1) is 6.26 Å². The average Bonchev–Trinajstić information content (AvgIpc) is 2.10. The van der Waals surface area contributed by atoms with Crippen LogP contribution in [0.4, 0.5) is 4.39 Å². The van der Waals surface area contributed by atoms with E-state index in [1.165, 1.54) is 24.3 Å². The number of halogens is 1. The first-order valence-corrected chi connectivity index (χ1v) is 3.26. The van der Waals surface area contributed by atoms with Crippen molar-refractivity contribution in [2.24, 2.45) is 0 Å². The summed E-state index contributed by atoms with van der Waals surface area (Å²) in [6.45, 7) is 0. The summed E-state index contributed by atoms with van der Waals surface area (Å²) >= 11 is 0. The van der Waals surface area contributed by atoms with Gasteiger partial charge in [-0.25, -0.2) is 4.39 Å². The van der Waals surface area contributed by atoms with Gasteiger partial charge in [0, 0.05) is 5.57 Å². The molecule has 0 atom stereocenters. The van der Waals surface area contributed by atoms with Crippen LogP contribution in [0, 0.1) is 17.1 Å². The summed E-state index contributed by atoms with van der Waals surface area (Å²) in [6.07, 6.45) is 0.452. The molecular weight excluding hydrogens is 180 g/mol. The van der Waals surface area contributed by atoms with E-state index in [1.54, 1.807) is 6.07 Å². The maximum atomic E-state index is 12.4. The van der Waals surface area contributed by atoms with E-state index in [9.17, 15) is 9.50 Å². The summed E-state index contributed by atoms with van der Waals surface area (Å²) in [7, 11) is 0. The molecule has 0 saturated carbocycles. The summed E-state index contributed by atoms with van der Waals surface area (Å²) in [6, 6.07) is 6.91. The van der Waals surface area contributed by atoms with E-state index >= 15 is 0 Å². The van der Waals surface area contributed by atoms with Gasteiger partial charge < -0.3 is 5.11 Å². The van der Waals surface area contributed by atoms with Gasteiger partial charge in [-0.3, -0.25) is 0 Å². The number of allylic oxidation sites excluding steroid dienone is 1. The Labute approximate surface area is 97.6 Å². The van der Waals surface area contributed by atoms with Gasteiger partial charge in [0.05, 0.1) is 6.07 Å². The number of benzene rings is 1. The van der Waals surface area contributed by atoms with E-state index in [0.717, 1.165) is 0 Å². The largest absolute Gasteiger partial charge is 1.00 e. The van der Waals surface area contributed by atoms with Crippen molar-refractivity contribution in [3.05, 3.63) is 41.9 Å². The smallest absolute Gasteiger partial charge is 0.877 e. The molecule has 0 fully saturated rings. The summed E-state index contributed by atoms with van der Waals surface area (Å²) in [4.78, 5) is 0. The summed E-state index contributed by atoms with van der Waals surface area (Å²) < 4.78 is 12.4. The van der Waals surface area contributed by atoms with Crippen molar-refractivity contribution in [2.45, 2.75) is 0 Å². The van der Waals surface area contributed by atoms with Crippen LogP contribution in [0.3, 0.4) is 0 Å². The SMILES string of the molecule is N#CC(=C[O-])c1ccc(F)cc1.[Na+]. The fraction of sp³-hybridized carbons (Fsp3) is 0.